The van der Waals surface area contributed by atoms with Crippen LogP contribution in [0.5, 0.6) is 0 Å². The molecule has 0 unspecified atom stereocenters. The minimum absolute atomic E-state index is 0.0679. The molecule has 0 amide bonds. The largest absolute Gasteiger partial charge is 0.355 e. The van der Waals surface area contributed by atoms with Gasteiger partial charge in [0, 0.05) is 50.9 Å². The molecular weight excluding hydrogens is 492 g/mol. The van der Waals surface area contributed by atoms with Crippen molar-refractivity contribution in [2.75, 3.05) is 0 Å². The summed E-state index contributed by atoms with van der Waals surface area (Å²) in [5.41, 5.74) is 16.0. The number of H-pyrrole nitrogens is 2. The van der Waals surface area contributed by atoms with Crippen LogP contribution in [-0.2, 0) is 11.8 Å². The number of benzene rings is 1. The fourth-order valence-electron chi connectivity index (χ4n) is 5.10. The zero-order valence-electron chi connectivity index (χ0n) is 23.5. The summed E-state index contributed by atoms with van der Waals surface area (Å²) in [6.45, 7) is 13.4. The van der Waals surface area contributed by atoms with Gasteiger partial charge in [0.2, 0.25) is 0 Å². The van der Waals surface area contributed by atoms with Crippen LogP contribution in [0.3, 0.4) is 0 Å². The first-order chi connectivity index (χ1) is 18.5. The van der Waals surface area contributed by atoms with Crippen molar-refractivity contribution in [1.29, 1.82) is 0 Å². The van der Waals surface area contributed by atoms with E-state index in [-0.39, 0.29) is 5.41 Å². The number of allylic oxidation sites excluding steroid dienone is 1. The molecule has 0 radical (unpaired) electrons. The number of fused-ring (bicyclic) bond motifs is 8. The maximum Gasteiger partial charge on any atom is 0.129 e. The molecule has 5 heteroatoms. The van der Waals surface area contributed by atoms with Crippen molar-refractivity contribution in [1.82, 2.24) is 19.9 Å². The van der Waals surface area contributed by atoms with Crippen LogP contribution in [0.1, 0.15) is 42.2 Å². The molecule has 5 heterocycles. The smallest absolute Gasteiger partial charge is 0.129 e. The van der Waals surface area contributed by atoms with Gasteiger partial charge >= 0.3 is 0 Å². The zero-order chi connectivity index (χ0) is 27.4. The second-order valence-corrected chi connectivity index (χ2v) is 17.1. The maximum atomic E-state index is 5.21. The molecule has 2 aliphatic heterocycles. The van der Waals surface area contributed by atoms with Gasteiger partial charge in [-0.2, -0.15) is 0 Å². The Hall–Kier alpha value is -4.14. The molecule has 0 spiro atoms. The van der Waals surface area contributed by atoms with Gasteiger partial charge in [0.15, 0.2) is 0 Å². The van der Waals surface area contributed by atoms with Gasteiger partial charge in [0.1, 0.15) is 8.07 Å². The van der Waals surface area contributed by atoms with E-state index in [1.807, 2.05) is 0 Å². The van der Waals surface area contributed by atoms with Crippen LogP contribution in [-0.4, -0.2) is 28.0 Å². The van der Waals surface area contributed by atoms with Crippen LogP contribution in [0.25, 0.3) is 44.8 Å². The first-order valence-electron chi connectivity index (χ1n) is 13.6. The van der Waals surface area contributed by atoms with E-state index >= 15 is 0 Å². The van der Waals surface area contributed by atoms with Gasteiger partial charge < -0.3 is 9.97 Å². The molecule has 3 aromatic heterocycles. The van der Waals surface area contributed by atoms with Gasteiger partial charge in [-0.1, -0.05) is 69.2 Å². The van der Waals surface area contributed by atoms with E-state index in [0.29, 0.717) is 0 Å². The molecule has 0 atom stereocenters. The number of aryl methyl sites for hydroxylation is 1. The quantitative estimate of drug-likeness (QED) is 0.194. The van der Waals surface area contributed by atoms with E-state index in [1.54, 1.807) is 0 Å². The van der Waals surface area contributed by atoms with Gasteiger partial charge in [-0.05, 0) is 61.0 Å². The van der Waals surface area contributed by atoms with E-state index in [0.717, 1.165) is 68.0 Å². The van der Waals surface area contributed by atoms with E-state index < -0.39 is 8.07 Å². The number of aromatic nitrogens is 4. The molecule has 8 bridgehead atoms. The Morgan fingerprint density at radius 3 is 2.26 bits per heavy atom. The van der Waals surface area contributed by atoms with Gasteiger partial charge in [0.05, 0.1) is 17.0 Å². The maximum absolute atomic E-state index is 5.21. The standard InChI is InChI=1S/C34H34N4Si/c1-22-7-9-23(10-8-22)33-29-14-13-26(36-29)18-25-11-12-27(35-25)20-32-34(2,3)21-28(37-32)19-30-24(17-31(33)38-30)15-16-39(4,5)6/h7-14,17-20,35-36H,21H2,1-6H3. The normalized spacial score (nSPS) is 14.5. The summed E-state index contributed by atoms with van der Waals surface area (Å²) >= 11 is 0. The van der Waals surface area contributed by atoms with Crippen LogP contribution in [0.2, 0.25) is 19.6 Å². The predicted octanol–water partition coefficient (Wildman–Crippen LogP) is 8.23. The van der Waals surface area contributed by atoms with Gasteiger partial charge in [-0.15, -0.1) is 5.54 Å². The molecule has 0 saturated carbocycles. The number of nitrogens with zero attached hydrogens (tertiary/aromatic N) is 2. The van der Waals surface area contributed by atoms with Crippen molar-refractivity contribution < 1.29 is 0 Å². The third-order valence-electron chi connectivity index (χ3n) is 7.16. The SMILES string of the molecule is Cc1ccc(-c2c3nc(cc4nc(cc5ccc(cc6ccc2[nH]6)[nH]5)C(C)(C)C4)C(C#C[Si](C)(C)C)=C3)cc1. The Morgan fingerprint density at radius 2 is 1.51 bits per heavy atom. The van der Waals surface area contributed by atoms with Gasteiger partial charge in [-0.25, -0.2) is 4.98 Å². The summed E-state index contributed by atoms with van der Waals surface area (Å²) in [6.07, 6.45) is 3.01. The average molecular weight is 527 g/mol. The average Bonchev–Trinajstić information content (AvgIpc) is 3.63. The third-order valence-corrected chi connectivity index (χ3v) is 8.04. The molecule has 2 aliphatic rings. The van der Waals surface area contributed by atoms with Crippen molar-refractivity contribution >= 4 is 41.8 Å². The number of hydrogen-bond donors (Lipinski definition) is 2. The van der Waals surface area contributed by atoms with Crippen LogP contribution in [0, 0.1) is 18.4 Å². The number of hydrogen-bond acceptors (Lipinski definition) is 2. The predicted molar refractivity (Wildman–Crippen MR) is 167 cm³/mol. The Labute approximate surface area is 231 Å². The van der Waals surface area contributed by atoms with E-state index in [4.69, 9.17) is 9.97 Å². The topological polar surface area (TPSA) is 57.4 Å². The minimum Gasteiger partial charge on any atom is -0.355 e. The molecular formula is C34H34N4Si. The summed E-state index contributed by atoms with van der Waals surface area (Å²) in [4.78, 5) is 17.5. The van der Waals surface area contributed by atoms with Crippen LogP contribution >= 0.6 is 0 Å². The second kappa shape index (κ2) is 9.25. The summed E-state index contributed by atoms with van der Waals surface area (Å²) in [5.74, 6) is 3.51. The lowest BCUT2D eigenvalue weighted by atomic mass is 9.87. The summed E-state index contributed by atoms with van der Waals surface area (Å²) in [5, 5.41) is 0. The highest BCUT2D eigenvalue weighted by atomic mass is 28.3. The van der Waals surface area contributed by atoms with Gasteiger partial charge in [-0.3, -0.25) is 4.98 Å². The van der Waals surface area contributed by atoms with Crippen LogP contribution in [0.15, 0.2) is 66.7 Å². The highest BCUT2D eigenvalue weighted by Gasteiger charge is 2.29. The Kier molecular flexibility index (Phi) is 5.97. The van der Waals surface area contributed by atoms with Gasteiger partial charge in [0.25, 0.3) is 0 Å². The first kappa shape index (κ1) is 25.2. The van der Waals surface area contributed by atoms with Crippen molar-refractivity contribution in [2.45, 2.75) is 52.2 Å². The van der Waals surface area contributed by atoms with E-state index in [2.05, 4.69) is 135 Å². The highest BCUT2D eigenvalue weighted by Crippen LogP contribution is 2.35. The summed E-state index contributed by atoms with van der Waals surface area (Å²) in [6, 6.07) is 23.6. The van der Waals surface area contributed by atoms with E-state index in [9.17, 15) is 0 Å². The molecule has 0 fully saturated rings. The van der Waals surface area contributed by atoms with Crippen LogP contribution < -0.4 is 0 Å². The Balaban J connectivity index is 1.73. The minimum atomic E-state index is -1.58. The second-order valence-electron chi connectivity index (χ2n) is 12.4. The Morgan fingerprint density at radius 1 is 0.821 bits per heavy atom. The molecule has 0 saturated heterocycles. The molecule has 6 rings (SSSR count). The van der Waals surface area contributed by atoms with Crippen molar-refractivity contribution in [3.8, 4) is 22.6 Å². The highest BCUT2D eigenvalue weighted by molar-refractivity contribution is 6.84. The molecule has 0 aliphatic carbocycles. The molecule has 4 nitrogen and oxygen atoms in total. The summed E-state index contributed by atoms with van der Waals surface area (Å²) < 4.78 is 0. The number of nitrogens with one attached hydrogen (secondary N) is 2. The molecule has 194 valence electrons. The van der Waals surface area contributed by atoms with Crippen molar-refractivity contribution in [3.63, 3.8) is 0 Å². The number of rotatable bonds is 1. The van der Waals surface area contributed by atoms with E-state index in [1.165, 1.54) is 5.56 Å². The molecule has 39 heavy (non-hydrogen) atoms. The van der Waals surface area contributed by atoms with Crippen molar-refractivity contribution in [3.05, 3.63) is 95.1 Å². The third kappa shape index (κ3) is 5.26. The lowest BCUT2D eigenvalue weighted by Crippen LogP contribution is -2.16. The molecule has 4 aromatic rings. The lowest BCUT2D eigenvalue weighted by molar-refractivity contribution is 0.543. The lowest BCUT2D eigenvalue weighted by Gasteiger charge is -2.15. The number of aromatic amines is 2. The fraction of sp³-hybridized carbons (Fsp3) is 0.235. The fourth-order valence-corrected chi connectivity index (χ4v) is 5.61. The molecule has 1 aromatic carbocycles. The van der Waals surface area contributed by atoms with Crippen LogP contribution in [0.4, 0.5) is 0 Å². The van der Waals surface area contributed by atoms with Crippen molar-refractivity contribution in [2.24, 2.45) is 0 Å². The zero-order valence-corrected chi connectivity index (χ0v) is 24.5. The monoisotopic (exact) mass is 526 g/mol. The summed E-state index contributed by atoms with van der Waals surface area (Å²) in [7, 11) is -1.58. The Bertz CT molecular complexity index is 1850. The molecule has 2 N–H and O–H groups in total. The first-order valence-corrected chi connectivity index (χ1v) is 17.1.